The molecule has 0 fully saturated rings. The molecule has 10 nitrogen and oxygen atoms in total. The smallest absolute Gasteiger partial charge is 0.355 e. The summed E-state index contributed by atoms with van der Waals surface area (Å²) >= 11 is 0. The van der Waals surface area contributed by atoms with Crippen molar-refractivity contribution < 1.29 is 42.8 Å². The number of carbonyl (C=O) groups excluding carboxylic acids is 3. The Hall–Kier alpha value is -4.21. The molecule has 0 radical (unpaired) electrons. The molecule has 0 spiro atoms. The normalized spacial score (nSPS) is 10.9. The fraction of sp³-hybridized carbons (Fsp3) is 0.320. The third kappa shape index (κ3) is 7.13. The maximum Gasteiger partial charge on any atom is 0.355 e. The van der Waals surface area contributed by atoms with Gasteiger partial charge in [-0.1, -0.05) is 0 Å². The molecular formula is C25H29NO9. The molecule has 2 aromatic rings. The highest BCUT2D eigenvalue weighted by molar-refractivity contribution is 6.02. The molecule has 0 aliphatic carbocycles. The molecule has 1 N–H and O–H groups in total. The zero-order chi connectivity index (χ0) is 26.2. The van der Waals surface area contributed by atoms with Crippen LogP contribution in [0.15, 0.2) is 36.4 Å². The maximum atomic E-state index is 12.6. The van der Waals surface area contributed by atoms with E-state index in [1.807, 2.05) is 0 Å². The van der Waals surface area contributed by atoms with Crippen LogP contribution in [0.4, 0.5) is 5.69 Å². The molecule has 0 atom stereocenters. The molecule has 0 saturated heterocycles. The Labute approximate surface area is 203 Å². The Balaban J connectivity index is 2.24. The van der Waals surface area contributed by atoms with Crippen molar-refractivity contribution >= 4 is 29.6 Å². The van der Waals surface area contributed by atoms with Crippen LogP contribution >= 0.6 is 0 Å². The highest BCUT2D eigenvalue weighted by Crippen LogP contribution is 2.35. The maximum absolute atomic E-state index is 12.6. The molecular weight excluding hydrogens is 458 g/mol. The molecule has 10 heteroatoms. The SMILES string of the molecule is COc1cc(OC)c(/C=C/C(=O)Nc2ccc(OC)c(OC(=O)C(C)(C)OC(C)=O)c2)c(OC)c1. The van der Waals surface area contributed by atoms with Crippen LogP contribution in [0.1, 0.15) is 26.3 Å². The molecule has 2 aromatic carbocycles. The van der Waals surface area contributed by atoms with Gasteiger partial charge in [0.2, 0.25) is 11.5 Å². The Morgan fingerprint density at radius 1 is 0.829 bits per heavy atom. The standard InChI is InChI=1S/C25H29NO9/c1-15(27)35-25(2,3)24(29)34-22-12-16(8-10-19(22)31-5)26-23(28)11-9-18-20(32-6)13-17(30-4)14-21(18)33-7/h8-14H,1-7H3,(H,26,28)/b11-9+. The van der Waals surface area contributed by atoms with E-state index < -0.39 is 23.4 Å². The first kappa shape index (κ1) is 27.0. The predicted octanol–water partition coefficient (Wildman–Crippen LogP) is 3.62. The van der Waals surface area contributed by atoms with E-state index in [0.29, 0.717) is 28.5 Å². The van der Waals surface area contributed by atoms with Crippen molar-refractivity contribution in [1.29, 1.82) is 0 Å². The Morgan fingerprint density at radius 2 is 1.43 bits per heavy atom. The second kappa shape index (κ2) is 11.8. The highest BCUT2D eigenvalue weighted by atomic mass is 16.6. The van der Waals surface area contributed by atoms with Crippen LogP contribution in [0.25, 0.3) is 6.08 Å². The summed E-state index contributed by atoms with van der Waals surface area (Å²) < 4.78 is 31.6. The van der Waals surface area contributed by atoms with E-state index in [1.54, 1.807) is 24.3 Å². The highest BCUT2D eigenvalue weighted by Gasteiger charge is 2.34. The van der Waals surface area contributed by atoms with Crippen LogP contribution < -0.4 is 29.0 Å². The van der Waals surface area contributed by atoms with Gasteiger partial charge in [-0.3, -0.25) is 9.59 Å². The fourth-order valence-electron chi connectivity index (χ4n) is 3.00. The van der Waals surface area contributed by atoms with Gasteiger partial charge in [-0.05, 0) is 32.1 Å². The van der Waals surface area contributed by atoms with Crippen molar-refractivity contribution in [1.82, 2.24) is 0 Å². The van der Waals surface area contributed by atoms with Gasteiger partial charge in [0, 0.05) is 36.9 Å². The van der Waals surface area contributed by atoms with E-state index >= 15 is 0 Å². The van der Waals surface area contributed by atoms with Crippen molar-refractivity contribution in [3.8, 4) is 28.7 Å². The van der Waals surface area contributed by atoms with Gasteiger partial charge in [0.1, 0.15) is 17.2 Å². The lowest BCUT2D eigenvalue weighted by molar-refractivity contribution is -0.170. The second-order valence-corrected chi connectivity index (χ2v) is 7.63. The lowest BCUT2D eigenvalue weighted by atomic mass is 10.1. The number of hydrogen-bond donors (Lipinski definition) is 1. The zero-order valence-electron chi connectivity index (χ0n) is 20.7. The topological polar surface area (TPSA) is 119 Å². The molecule has 0 heterocycles. The van der Waals surface area contributed by atoms with E-state index in [1.165, 1.54) is 67.4 Å². The molecule has 188 valence electrons. The largest absolute Gasteiger partial charge is 0.496 e. The Kier molecular flexibility index (Phi) is 9.10. The van der Waals surface area contributed by atoms with E-state index in [2.05, 4.69) is 5.32 Å². The number of esters is 2. The number of rotatable bonds is 10. The van der Waals surface area contributed by atoms with Crippen molar-refractivity contribution in [3.63, 3.8) is 0 Å². The molecule has 0 bridgehead atoms. The third-order valence-corrected chi connectivity index (χ3v) is 4.68. The van der Waals surface area contributed by atoms with Gasteiger partial charge in [0.15, 0.2) is 11.5 Å². The minimum Gasteiger partial charge on any atom is -0.496 e. The van der Waals surface area contributed by atoms with Crippen LogP contribution in [-0.2, 0) is 19.1 Å². The van der Waals surface area contributed by atoms with Crippen LogP contribution in [0, 0.1) is 0 Å². The predicted molar refractivity (Wildman–Crippen MR) is 128 cm³/mol. The van der Waals surface area contributed by atoms with Crippen molar-refractivity contribution in [3.05, 3.63) is 42.0 Å². The summed E-state index contributed by atoms with van der Waals surface area (Å²) in [4.78, 5) is 36.3. The Morgan fingerprint density at radius 3 is 1.94 bits per heavy atom. The fourth-order valence-corrected chi connectivity index (χ4v) is 3.00. The average molecular weight is 488 g/mol. The van der Waals surface area contributed by atoms with Gasteiger partial charge in [-0.25, -0.2) is 4.79 Å². The number of nitrogens with one attached hydrogen (secondary N) is 1. The number of amides is 1. The first-order chi connectivity index (χ1) is 16.5. The molecule has 0 aliphatic heterocycles. The summed E-state index contributed by atoms with van der Waals surface area (Å²) in [5.41, 5.74) is -0.639. The number of ether oxygens (including phenoxy) is 6. The molecule has 1 amide bonds. The molecule has 0 aliphatic rings. The van der Waals surface area contributed by atoms with E-state index in [0.717, 1.165) is 0 Å². The molecule has 0 saturated carbocycles. The molecule has 35 heavy (non-hydrogen) atoms. The summed E-state index contributed by atoms with van der Waals surface area (Å²) in [6, 6.07) is 7.86. The van der Waals surface area contributed by atoms with Crippen LogP contribution in [0.2, 0.25) is 0 Å². The summed E-state index contributed by atoms with van der Waals surface area (Å²) in [5.74, 6) is -0.162. The van der Waals surface area contributed by atoms with Gasteiger partial charge >= 0.3 is 11.9 Å². The first-order valence-corrected chi connectivity index (χ1v) is 10.4. The van der Waals surface area contributed by atoms with Crippen LogP contribution in [0.3, 0.4) is 0 Å². The monoisotopic (exact) mass is 487 g/mol. The molecule has 0 unspecified atom stereocenters. The summed E-state index contributed by atoms with van der Waals surface area (Å²) in [6.07, 6.45) is 2.84. The quantitative estimate of drug-likeness (QED) is 0.304. The van der Waals surface area contributed by atoms with E-state index in [4.69, 9.17) is 28.4 Å². The minimum atomic E-state index is -1.52. The zero-order valence-corrected chi connectivity index (χ0v) is 20.7. The minimum absolute atomic E-state index is 0.0398. The number of hydrogen-bond acceptors (Lipinski definition) is 9. The third-order valence-electron chi connectivity index (χ3n) is 4.68. The summed E-state index contributed by atoms with van der Waals surface area (Å²) in [7, 11) is 5.92. The lowest BCUT2D eigenvalue weighted by Gasteiger charge is -2.22. The second-order valence-electron chi connectivity index (χ2n) is 7.63. The number of anilines is 1. The first-order valence-electron chi connectivity index (χ1n) is 10.4. The van der Waals surface area contributed by atoms with Gasteiger partial charge < -0.3 is 33.7 Å². The molecule has 2 rings (SSSR count). The van der Waals surface area contributed by atoms with E-state index in [-0.39, 0.29) is 11.5 Å². The van der Waals surface area contributed by atoms with E-state index in [9.17, 15) is 14.4 Å². The van der Waals surface area contributed by atoms with Crippen molar-refractivity contribution in [2.24, 2.45) is 0 Å². The molecule has 0 aromatic heterocycles. The Bertz CT molecular complexity index is 1100. The van der Waals surface area contributed by atoms with Crippen molar-refractivity contribution in [2.75, 3.05) is 33.8 Å². The number of carbonyl (C=O) groups is 3. The van der Waals surface area contributed by atoms with Gasteiger partial charge in [0.05, 0.1) is 34.0 Å². The number of benzene rings is 2. The van der Waals surface area contributed by atoms with Crippen LogP contribution in [-0.4, -0.2) is 51.9 Å². The van der Waals surface area contributed by atoms with Gasteiger partial charge in [-0.15, -0.1) is 0 Å². The summed E-state index contributed by atoms with van der Waals surface area (Å²) in [6.45, 7) is 4.00. The average Bonchev–Trinajstić information content (AvgIpc) is 2.81. The number of methoxy groups -OCH3 is 4. The lowest BCUT2D eigenvalue weighted by Crippen LogP contribution is -2.40. The van der Waals surface area contributed by atoms with Gasteiger partial charge in [0.25, 0.3) is 0 Å². The van der Waals surface area contributed by atoms with Gasteiger partial charge in [-0.2, -0.15) is 0 Å². The van der Waals surface area contributed by atoms with Crippen LogP contribution in [0.5, 0.6) is 28.7 Å². The summed E-state index contributed by atoms with van der Waals surface area (Å²) in [5, 5.41) is 2.68. The van der Waals surface area contributed by atoms with Crippen molar-refractivity contribution in [2.45, 2.75) is 26.4 Å².